The third-order valence-corrected chi connectivity index (χ3v) is 5.16. The van der Waals surface area contributed by atoms with Crippen LogP contribution in [0.1, 0.15) is 11.1 Å². The highest BCUT2D eigenvalue weighted by Crippen LogP contribution is 2.09. The van der Waals surface area contributed by atoms with E-state index < -0.39 is 16.1 Å². The van der Waals surface area contributed by atoms with Crippen molar-refractivity contribution < 1.29 is 13.2 Å². The SMILES string of the molecule is Cc1ccc(S(=O)(=O)NCCNC(=O)C(N)Cc2ccccc2)cc1.Cl. The molecule has 1 atom stereocenters. The zero-order valence-electron chi connectivity index (χ0n) is 14.5. The van der Waals surface area contributed by atoms with Crippen molar-refractivity contribution in [2.24, 2.45) is 5.73 Å². The van der Waals surface area contributed by atoms with Crippen LogP contribution < -0.4 is 15.8 Å². The van der Waals surface area contributed by atoms with E-state index in [2.05, 4.69) is 10.0 Å². The highest BCUT2D eigenvalue weighted by atomic mass is 35.5. The van der Waals surface area contributed by atoms with Gasteiger partial charge in [0.25, 0.3) is 0 Å². The van der Waals surface area contributed by atoms with Crippen LogP contribution in [0.5, 0.6) is 0 Å². The van der Waals surface area contributed by atoms with E-state index in [1.165, 1.54) is 0 Å². The van der Waals surface area contributed by atoms with Gasteiger partial charge in [-0.2, -0.15) is 0 Å². The van der Waals surface area contributed by atoms with Gasteiger partial charge in [0.05, 0.1) is 10.9 Å². The minimum absolute atomic E-state index is 0. The zero-order valence-corrected chi connectivity index (χ0v) is 16.1. The van der Waals surface area contributed by atoms with E-state index in [1.807, 2.05) is 37.3 Å². The van der Waals surface area contributed by atoms with Crippen LogP contribution in [0.2, 0.25) is 0 Å². The lowest BCUT2D eigenvalue weighted by Crippen LogP contribution is -2.44. The summed E-state index contributed by atoms with van der Waals surface area (Å²) in [6.07, 6.45) is 0.432. The summed E-state index contributed by atoms with van der Waals surface area (Å²) in [5.74, 6) is -0.307. The summed E-state index contributed by atoms with van der Waals surface area (Å²) in [6.45, 7) is 2.16. The summed E-state index contributed by atoms with van der Waals surface area (Å²) in [7, 11) is -3.58. The average Bonchev–Trinajstić information content (AvgIpc) is 2.59. The zero-order chi connectivity index (χ0) is 18.3. The highest BCUT2D eigenvalue weighted by Gasteiger charge is 2.15. The fourth-order valence-corrected chi connectivity index (χ4v) is 3.30. The second-order valence-corrected chi connectivity index (χ2v) is 7.57. The van der Waals surface area contributed by atoms with E-state index in [4.69, 9.17) is 5.73 Å². The summed E-state index contributed by atoms with van der Waals surface area (Å²) in [5, 5.41) is 2.64. The molecule has 0 fully saturated rings. The normalized spacial score (nSPS) is 12.1. The van der Waals surface area contributed by atoms with Crippen LogP contribution >= 0.6 is 12.4 Å². The van der Waals surface area contributed by atoms with Gasteiger partial charge in [0.1, 0.15) is 0 Å². The van der Waals surface area contributed by atoms with E-state index in [0.717, 1.165) is 11.1 Å². The van der Waals surface area contributed by atoms with Gasteiger partial charge in [-0.3, -0.25) is 4.79 Å². The minimum Gasteiger partial charge on any atom is -0.353 e. The summed E-state index contributed by atoms with van der Waals surface area (Å²) < 4.78 is 26.7. The van der Waals surface area contributed by atoms with Gasteiger partial charge >= 0.3 is 0 Å². The maximum absolute atomic E-state index is 12.1. The van der Waals surface area contributed by atoms with Crippen molar-refractivity contribution in [2.75, 3.05) is 13.1 Å². The van der Waals surface area contributed by atoms with Crippen LogP contribution in [-0.2, 0) is 21.2 Å². The number of hydrogen-bond donors (Lipinski definition) is 3. The third kappa shape index (κ3) is 6.76. The molecular formula is C18H24ClN3O3S. The summed E-state index contributed by atoms with van der Waals surface area (Å²) in [5.41, 5.74) is 7.83. The van der Waals surface area contributed by atoms with Crippen molar-refractivity contribution >= 4 is 28.3 Å². The third-order valence-electron chi connectivity index (χ3n) is 3.68. The summed E-state index contributed by atoms with van der Waals surface area (Å²) in [4.78, 5) is 12.2. The molecule has 2 aromatic carbocycles. The lowest BCUT2D eigenvalue weighted by molar-refractivity contribution is -0.122. The fourth-order valence-electron chi connectivity index (χ4n) is 2.26. The van der Waals surface area contributed by atoms with Gasteiger partial charge in [-0.15, -0.1) is 12.4 Å². The topological polar surface area (TPSA) is 101 Å². The van der Waals surface area contributed by atoms with Crippen LogP contribution in [0.4, 0.5) is 0 Å². The molecule has 0 aliphatic heterocycles. The van der Waals surface area contributed by atoms with Gasteiger partial charge < -0.3 is 11.1 Å². The van der Waals surface area contributed by atoms with E-state index in [9.17, 15) is 13.2 Å². The predicted molar refractivity (Wildman–Crippen MR) is 105 cm³/mol. The van der Waals surface area contributed by atoms with Crippen molar-refractivity contribution in [1.82, 2.24) is 10.0 Å². The number of carbonyl (C=O) groups is 1. The lowest BCUT2D eigenvalue weighted by Gasteiger charge is -2.13. The molecule has 142 valence electrons. The Morgan fingerprint density at radius 1 is 1.04 bits per heavy atom. The number of halogens is 1. The Labute approximate surface area is 160 Å². The quantitative estimate of drug-likeness (QED) is 0.585. The van der Waals surface area contributed by atoms with Crippen molar-refractivity contribution in [2.45, 2.75) is 24.3 Å². The number of nitrogens with one attached hydrogen (secondary N) is 2. The maximum Gasteiger partial charge on any atom is 0.240 e. The molecule has 1 amide bonds. The van der Waals surface area contributed by atoms with E-state index in [-0.39, 0.29) is 36.3 Å². The van der Waals surface area contributed by atoms with Crippen LogP contribution in [0.3, 0.4) is 0 Å². The number of rotatable bonds is 8. The van der Waals surface area contributed by atoms with Crippen LogP contribution in [0.15, 0.2) is 59.5 Å². The number of amides is 1. The second kappa shape index (κ2) is 10.3. The summed E-state index contributed by atoms with van der Waals surface area (Å²) in [6, 6.07) is 15.4. The number of carbonyl (C=O) groups excluding carboxylic acids is 1. The Morgan fingerprint density at radius 2 is 1.65 bits per heavy atom. The standard InChI is InChI=1S/C18H23N3O3S.ClH/c1-14-7-9-16(10-8-14)25(23,24)21-12-11-20-18(22)17(19)13-15-5-3-2-4-6-15;/h2-10,17,21H,11-13,19H2,1H3,(H,20,22);1H. The van der Waals surface area contributed by atoms with Crippen molar-refractivity contribution in [3.63, 3.8) is 0 Å². The van der Waals surface area contributed by atoms with Gasteiger partial charge in [-0.05, 0) is 31.0 Å². The molecular weight excluding hydrogens is 374 g/mol. The number of sulfonamides is 1. The van der Waals surface area contributed by atoms with Crippen LogP contribution in [-0.4, -0.2) is 33.5 Å². The molecule has 0 saturated carbocycles. The molecule has 0 aromatic heterocycles. The molecule has 0 spiro atoms. The molecule has 6 nitrogen and oxygen atoms in total. The Kier molecular flexibility index (Phi) is 8.74. The van der Waals surface area contributed by atoms with Gasteiger partial charge in [0.15, 0.2) is 0 Å². The predicted octanol–water partition coefficient (Wildman–Crippen LogP) is 1.38. The maximum atomic E-state index is 12.1. The molecule has 4 N–H and O–H groups in total. The van der Waals surface area contributed by atoms with E-state index >= 15 is 0 Å². The first kappa shape index (κ1) is 22.1. The molecule has 2 aromatic rings. The average molecular weight is 398 g/mol. The molecule has 1 unspecified atom stereocenters. The van der Waals surface area contributed by atoms with Crippen LogP contribution in [0.25, 0.3) is 0 Å². The van der Waals surface area contributed by atoms with Gasteiger partial charge in [-0.1, -0.05) is 48.0 Å². The smallest absolute Gasteiger partial charge is 0.240 e. The first-order valence-electron chi connectivity index (χ1n) is 8.02. The van der Waals surface area contributed by atoms with Gasteiger partial charge in [0.2, 0.25) is 15.9 Å². The molecule has 0 aliphatic carbocycles. The van der Waals surface area contributed by atoms with E-state index in [1.54, 1.807) is 24.3 Å². The molecule has 0 saturated heterocycles. The monoisotopic (exact) mass is 397 g/mol. The van der Waals surface area contributed by atoms with Crippen molar-refractivity contribution in [3.8, 4) is 0 Å². The van der Waals surface area contributed by atoms with Crippen molar-refractivity contribution in [1.29, 1.82) is 0 Å². The second-order valence-electron chi connectivity index (χ2n) is 5.80. The Balaban J connectivity index is 0.00000338. The Morgan fingerprint density at radius 3 is 2.27 bits per heavy atom. The molecule has 8 heteroatoms. The number of hydrogen-bond acceptors (Lipinski definition) is 4. The Hall–Kier alpha value is -1.93. The number of aryl methyl sites for hydroxylation is 1. The molecule has 26 heavy (non-hydrogen) atoms. The first-order chi connectivity index (χ1) is 11.9. The summed E-state index contributed by atoms with van der Waals surface area (Å²) >= 11 is 0. The van der Waals surface area contributed by atoms with Crippen LogP contribution in [0, 0.1) is 6.92 Å². The molecule has 0 radical (unpaired) electrons. The lowest BCUT2D eigenvalue weighted by atomic mass is 10.1. The molecule has 0 bridgehead atoms. The van der Waals surface area contributed by atoms with Gasteiger partial charge in [0, 0.05) is 13.1 Å². The fraction of sp³-hybridized carbons (Fsp3) is 0.278. The number of benzene rings is 2. The molecule has 0 aliphatic rings. The first-order valence-corrected chi connectivity index (χ1v) is 9.50. The number of nitrogens with two attached hydrogens (primary N) is 1. The molecule has 0 heterocycles. The van der Waals surface area contributed by atoms with E-state index in [0.29, 0.717) is 6.42 Å². The largest absolute Gasteiger partial charge is 0.353 e. The van der Waals surface area contributed by atoms with Gasteiger partial charge in [-0.25, -0.2) is 13.1 Å². The molecule has 2 rings (SSSR count). The highest BCUT2D eigenvalue weighted by molar-refractivity contribution is 7.89. The van der Waals surface area contributed by atoms with Crippen molar-refractivity contribution in [3.05, 3.63) is 65.7 Å². The minimum atomic E-state index is -3.58. The Bertz CT molecular complexity index is 796.